The first-order chi connectivity index (χ1) is 15.1. The van der Waals surface area contributed by atoms with Crippen LogP contribution >= 0.6 is 0 Å². The molecule has 6 nitrogen and oxygen atoms in total. The van der Waals surface area contributed by atoms with Gasteiger partial charge < -0.3 is 9.80 Å². The molecule has 0 unspecified atom stereocenters. The van der Waals surface area contributed by atoms with Gasteiger partial charge in [0.15, 0.2) is 0 Å². The van der Waals surface area contributed by atoms with E-state index in [4.69, 9.17) is 0 Å². The summed E-state index contributed by atoms with van der Waals surface area (Å²) in [5.41, 5.74) is 1.63. The van der Waals surface area contributed by atoms with E-state index in [1.54, 1.807) is 6.20 Å². The summed E-state index contributed by atoms with van der Waals surface area (Å²) in [6.07, 6.45) is 9.39. The summed E-state index contributed by atoms with van der Waals surface area (Å²) in [5, 5.41) is 4.38. The van der Waals surface area contributed by atoms with Crippen LogP contribution in [-0.2, 0) is 23.2 Å². The van der Waals surface area contributed by atoms with E-state index in [-0.39, 0.29) is 23.7 Å². The van der Waals surface area contributed by atoms with Crippen LogP contribution in [0.1, 0.15) is 42.9 Å². The molecule has 2 saturated heterocycles. The van der Waals surface area contributed by atoms with Gasteiger partial charge in [0.2, 0.25) is 11.8 Å². The van der Waals surface area contributed by atoms with Gasteiger partial charge in [-0.2, -0.15) is 5.10 Å². The van der Waals surface area contributed by atoms with Crippen molar-refractivity contribution >= 4 is 11.8 Å². The first-order valence-corrected chi connectivity index (χ1v) is 11.3. The standard InChI is InChI=1S/C25H30N4O2/c1-27-22(12-14-26-27)21-17-29(23(30)20-10-5-6-11-20)18-25(21)13-7-15-28(24(25)31)16-19-8-3-2-4-9-19/h2-6,8-9,12,14,20-21H,7,10-11,13,15-18H2,1H3/t21-,25+/m0/s1. The van der Waals surface area contributed by atoms with Crippen LogP contribution in [0.25, 0.3) is 0 Å². The first-order valence-electron chi connectivity index (χ1n) is 11.3. The molecule has 2 fully saturated rings. The van der Waals surface area contributed by atoms with Crippen LogP contribution in [0, 0.1) is 11.3 Å². The fraction of sp³-hybridized carbons (Fsp3) is 0.480. The number of piperidine rings is 1. The average Bonchev–Trinajstić information content (AvgIpc) is 3.52. The lowest BCUT2D eigenvalue weighted by Crippen LogP contribution is -2.52. The second kappa shape index (κ2) is 7.98. The SMILES string of the molecule is Cn1nccc1[C@@H]1CN(C(=O)C2CC=CC2)C[C@]12CCCN(Cc1ccccc1)C2=O. The molecule has 6 heteroatoms. The molecule has 2 aliphatic heterocycles. The van der Waals surface area contributed by atoms with Crippen molar-refractivity contribution in [1.82, 2.24) is 19.6 Å². The molecule has 0 N–H and O–H groups in total. The monoisotopic (exact) mass is 418 g/mol. The van der Waals surface area contributed by atoms with Crippen molar-refractivity contribution in [3.8, 4) is 0 Å². The molecule has 0 radical (unpaired) electrons. The lowest BCUT2D eigenvalue weighted by atomic mass is 9.70. The van der Waals surface area contributed by atoms with E-state index >= 15 is 0 Å². The molecule has 31 heavy (non-hydrogen) atoms. The maximum absolute atomic E-state index is 14.0. The Kier molecular flexibility index (Phi) is 5.16. The van der Waals surface area contributed by atoms with Crippen LogP contribution in [0.15, 0.2) is 54.7 Å². The fourth-order valence-corrected chi connectivity index (χ4v) is 5.79. The van der Waals surface area contributed by atoms with Crippen LogP contribution in [0.3, 0.4) is 0 Å². The zero-order valence-electron chi connectivity index (χ0n) is 18.1. The van der Waals surface area contributed by atoms with Gasteiger partial charge in [0.25, 0.3) is 0 Å². The van der Waals surface area contributed by atoms with Crippen molar-refractivity contribution < 1.29 is 9.59 Å². The van der Waals surface area contributed by atoms with E-state index in [9.17, 15) is 9.59 Å². The van der Waals surface area contributed by atoms with E-state index < -0.39 is 5.41 Å². The highest BCUT2D eigenvalue weighted by molar-refractivity contribution is 5.88. The van der Waals surface area contributed by atoms with Gasteiger partial charge in [0, 0.05) is 57.0 Å². The number of nitrogens with zero attached hydrogens (tertiary/aromatic N) is 4. The van der Waals surface area contributed by atoms with Crippen molar-refractivity contribution in [1.29, 1.82) is 0 Å². The lowest BCUT2D eigenvalue weighted by molar-refractivity contribution is -0.148. The van der Waals surface area contributed by atoms with Crippen molar-refractivity contribution in [2.75, 3.05) is 19.6 Å². The highest BCUT2D eigenvalue weighted by atomic mass is 16.2. The number of amides is 2. The quantitative estimate of drug-likeness (QED) is 0.717. The van der Waals surface area contributed by atoms with Crippen LogP contribution in [0.5, 0.6) is 0 Å². The molecule has 3 aliphatic rings. The normalized spacial score (nSPS) is 26.4. The number of hydrogen-bond donors (Lipinski definition) is 0. The third-order valence-electron chi connectivity index (χ3n) is 7.41. The maximum Gasteiger partial charge on any atom is 0.231 e. The summed E-state index contributed by atoms with van der Waals surface area (Å²) in [6.45, 7) is 2.51. The molecule has 1 spiro atoms. The molecule has 2 aromatic rings. The second-order valence-corrected chi connectivity index (χ2v) is 9.26. The molecular weight excluding hydrogens is 388 g/mol. The molecule has 162 valence electrons. The molecule has 2 atom stereocenters. The number of rotatable bonds is 4. The van der Waals surface area contributed by atoms with Crippen LogP contribution in [0.4, 0.5) is 0 Å². The highest BCUT2D eigenvalue weighted by Crippen LogP contribution is 2.50. The second-order valence-electron chi connectivity index (χ2n) is 9.26. The number of aryl methyl sites for hydroxylation is 1. The van der Waals surface area contributed by atoms with Crippen LogP contribution in [0.2, 0.25) is 0 Å². The smallest absolute Gasteiger partial charge is 0.231 e. The Bertz CT molecular complexity index is 990. The topological polar surface area (TPSA) is 58.4 Å². The molecule has 1 aliphatic carbocycles. The van der Waals surface area contributed by atoms with Gasteiger partial charge in [0.05, 0.1) is 5.41 Å². The van der Waals surface area contributed by atoms with E-state index in [1.165, 1.54) is 0 Å². The summed E-state index contributed by atoms with van der Waals surface area (Å²) in [6, 6.07) is 12.2. The number of hydrogen-bond acceptors (Lipinski definition) is 3. The van der Waals surface area contributed by atoms with Gasteiger partial charge >= 0.3 is 0 Å². The van der Waals surface area contributed by atoms with Gasteiger partial charge in [-0.25, -0.2) is 0 Å². The zero-order valence-corrected chi connectivity index (χ0v) is 18.1. The molecule has 1 aromatic heterocycles. The van der Waals surface area contributed by atoms with Crippen molar-refractivity contribution in [3.63, 3.8) is 0 Å². The van der Waals surface area contributed by atoms with E-state index in [0.717, 1.165) is 43.5 Å². The summed E-state index contributed by atoms with van der Waals surface area (Å²) < 4.78 is 1.88. The van der Waals surface area contributed by atoms with E-state index in [0.29, 0.717) is 19.6 Å². The number of carbonyl (C=O) groups excluding carboxylic acids is 2. The summed E-state index contributed by atoms with van der Waals surface area (Å²) in [5.74, 6) is 0.390. The van der Waals surface area contributed by atoms with Gasteiger partial charge in [-0.3, -0.25) is 14.3 Å². The van der Waals surface area contributed by atoms with Crippen molar-refractivity contribution in [2.24, 2.45) is 18.4 Å². The molecule has 1 aromatic carbocycles. The fourth-order valence-electron chi connectivity index (χ4n) is 5.79. The Morgan fingerprint density at radius 2 is 1.94 bits per heavy atom. The van der Waals surface area contributed by atoms with E-state index in [2.05, 4.69) is 29.4 Å². The molecule has 0 saturated carbocycles. The number of aromatic nitrogens is 2. The number of carbonyl (C=O) groups is 2. The Balaban J connectivity index is 1.46. The third kappa shape index (κ3) is 3.48. The van der Waals surface area contributed by atoms with Crippen molar-refractivity contribution in [3.05, 3.63) is 66.0 Å². The predicted octanol–water partition coefficient (Wildman–Crippen LogP) is 3.12. The molecule has 3 heterocycles. The Morgan fingerprint density at radius 3 is 2.65 bits per heavy atom. The third-order valence-corrected chi connectivity index (χ3v) is 7.41. The van der Waals surface area contributed by atoms with Crippen LogP contribution in [-0.4, -0.2) is 51.0 Å². The number of allylic oxidation sites excluding steroid dienone is 2. The van der Waals surface area contributed by atoms with Gasteiger partial charge in [-0.1, -0.05) is 42.5 Å². The summed E-state index contributed by atoms with van der Waals surface area (Å²) in [4.78, 5) is 31.3. The summed E-state index contributed by atoms with van der Waals surface area (Å²) in [7, 11) is 1.93. The minimum Gasteiger partial charge on any atom is -0.341 e. The minimum absolute atomic E-state index is 0.0237. The number of likely N-dealkylation sites (tertiary alicyclic amines) is 2. The van der Waals surface area contributed by atoms with Crippen LogP contribution < -0.4 is 0 Å². The van der Waals surface area contributed by atoms with Gasteiger partial charge in [-0.05, 0) is 37.3 Å². The molecule has 5 rings (SSSR count). The first kappa shape index (κ1) is 20.0. The maximum atomic E-state index is 14.0. The number of benzene rings is 1. The predicted molar refractivity (Wildman–Crippen MR) is 118 cm³/mol. The minimum atomic E-state index is -0.567. The van der Waals surface area contributed by atoms with E-state index in [1.807, 2.05) is 45.8 Å². The average molecular weight is 419 g/mol. The Labute approximate surface area is 183 Å². The molecular formula is C25H30N4O2. The Morgan fingerprint density at radius 1 is 1.16 bits per heavy atom. The summed E-state index contributed by atoms with van der Waals surface area (Å²) >= 11 is 0. The highest BCUT2D eigenvalue weighted by Gasteiger charge is 2.57. The van der Waals surface area contributed by atoms with Gasteiger partial charge in [0.1, 0.15) is 0 Å². The van der Waals surface area contributed by atoms with Crippen molar-refractivity contribution in [2.45, 2.75) is 38.1 Å². The lowest BCUT2D eigenvalue weighted by Gasteiger charge is -2.42. The molecule has 0 bridgehead atoms. The zero-order chi connectivity index (χ0) is 21.4. The van der Waals surface area contributed by atoms with Gasteiger partial charge in [-0.15, -0.1) is 0 Å². The molecule has 2 amide bonds. The largest absolute Gasteiger partial charge is 0.341 e. The Hall–Kier alpha value is -2.89.